The number of ketones is 1. The van der Waals surface area contributed by atoms with Gasteiger partial charge in [-0.2, -0.15) is 0 Å². The number of fused-ring (bicyclic) bond motifs is 1. The third-order valence-corrected chi connectivity index (χ3v) is 4.22. The molecule has 7 nitrogen and oxygen atoms in total. The summed E-state index contributed by atoms with van der Waals surface area (Å²) in [5.74, 6) is 1.08. The van der Waals surface area contributed by atoms with Crippen LogP contribution in [-0.2, 0) is 0 Å². The van der Waals surface area contributed by atoms with Gasteiger partial charge in [0.25, 0.3) is 5.69 Å². The molecule has 0 aliphatic carbocycles. The minimum atomic E-state index is -0.533. The molecule has 1 aromatic heterocycles. The lowest BCUT2D eigenvalue weighted by Gasteiger charge is -2.25. The van der Waals surface area contributed by atoms with Crippen molar-refractivity contribution < 1.29 is 19.2 Å². The Morgan fingerprint density at radius 2 is 1.93 bits per heavy atom. The summed E-state index contributed by atoms with van der Waals surface area (Å²) in [5.41, 5.74) is 1.27. The van der Waals surface area contributed by atoms with Gasteiger partial charge in [-0.25, -0.2) is 4.98 Å². The highest BCUT2D eigenvalue weighted by Crippen LogP contribution is 2.37. The number of hydrogen-bond acceptors (Lipinski definition) is 6. The number of Topliss-reactive ketones (excluding diaryl/α,β-unsaturated/α-hetero) is 1. The van der Waals surface area contributed by atoms with E-state index in [1.165, 1.54) is 12.1 Å². The maximum Gasteiger partial charge on any atom is 0.287 e. The second-order valence-corrected chi connectivity index (χ2v) is 6.02. The molecule has 0 saturated heterocycles. The van der Waals surface area contributed by atoms with E-state index in [4.69, 9.17) is 9.47 Å². The van der Waals surface area contributed by atoms with Crippen LogP contribution in [0.1, 0.15) is 28.4 Å². The van der Waals surface area contributed by atoms with Gasteiger partial charge in [0.1, 0.15) is 23.8 Å². The molecule has 1 aliphatic rings. The van der Waals surface area contributed by atoms with Gasteiger partial charge in [-0.1, -0.05) is 30.3 Å². The molecule has 0 fully saturated rings. The van der Waals surface area contributed by atoms with Crippen molar-refractivity contribution in [2.45, 2.75) is 12.5 Å². The van der Waals surface area contributed by atoms with E-state index in [1.54, 1.807) is 18.2 Å². The fourth-order valence-corrected chi connectivity index (χ4v) is 2.88. The van der Waals surface area contributed by atoms with Crippen molar-refractivity contribution in [3.05, 3.63) is 88.1 Å². The summed E-state index contributed by atoms with van der Waals surface area (Å²) in [5, 5.41) is 10.7. The number of nitrogens with zero attached hydrogens (tertiary/aromatic N) is 2. The van der Waals surface area contributed by atoms with E-state index >= 15 is 0 Å². The molecule has 1 atom stereocenters. The summed E-state index contributed by atoms with van der Waals surface area (Å²) in [7, 11) is 0. The van der Waals surface area contributed by atoms with Gasteiger partial charge in [-0.3, -0.25) is 14.9 Å². The summed E-state index contributed by atoms with van der Waals surface area (Å²) in [4.78, 5) is 26.6. The molecule has 1 aliphatic heterocycles. The molecule has 1 unspecified atom stereocenters. The molecule has 0 N–H and O–H groups in total. The number of benzene rings is 2. The Bertz CT molecular complexity index is 1000. The first-order valence-corrected chi connectivity index (χ1v) is 8.27. The third kappa shape index (κ3) is 3.48. The monoisotopic (exact) mass is 362 g/mol. The van der Waals surface area contributed by atoms with Crippen molar-refractivity contribution in [1.82, 2.24) is 4.98 Å². The molecule has 0 saturated carbocycles. The Morgan fingerprint density at radius 3 is 2.63 bits per heavy atom. The minimum Gasteiger partial charge on any atom is -0.484 e. The van der Waals surface area contributed by atoms with Crippen molar-refractivity contribution in [2.24, 2.45) is 0 Å². The van der Waals surface area contributed by atoms with Crippen molar-refractivity contribution in [3.8, 4) is 17.4 Å². The first-order chi connectivity index (χ1) is 13.1. The van der Waals surface area contributed by atoms with Gasteiger partial charge in [-0.15, -0.1) is 0 Å². The Balaban J connectivity index is 1.55. The van der Waals surface area contributed by atoms with E-state index in [2.05, 4.69) is 4.98 Å². The van der Waals surface area contributed by atoms with E-state index < -0.39 is 4.92 Å². The first kappa shape index (κ1) is 16.7. The van der Waals surface area contributed by atoms with Gasteiger partial charge in [0, 0.05) is 12.1 Å². The second-order valence-electron chi connectivity index (χ2n) is 6.02. The number of pyridine rings is 1. The lowest BCUT2D eigenvalue weighted by Crippen LogP contribution is -2.20. The number of carbonyl (C=O) groups is 1. The number of hydrogen-bond donors (Lipinski definition) is 0. The summed E-state index contributed by atoms with van der Waals surface area (Å²) in [6.07, 6.45) is 1.05. The summed E-state index contributed by atoms with van der Waals surface area (Å²) in [6, 6.07) is 17.3. The highest BCUT2D eigenvalue weighted by Gasteiger charge is 2.28. The predicted molar refractivity (Wildman–Crippen MR) is 96.2 cm³/mol. The molecule has 0 spiro atoms. The van der Waals surface area contributed by atoms with Gasteiger partial charge in [0.05, 0.1) is 16.9 Å². The predicted octanol–water partition coefficient (Wildman–Crippen LogP) is 4.49. The van der Waals surface area contributed by atoms with Crippen LogP contribution in [0.5, 0.6) is 17.4 Å². The van der Waals surface area contributed by atoms with Crippen LogP contribution < -0.4 is 9.47 Å². The lowest BCUT2D eigenvalue weighted by atomic mass is 9.96. The van der Waals surface area contributed by atoms with Gasteiger partial charge in [0.15, 0.2) is 5.78 Å². The quantitative estimate of drug-likeness (QED) is 0.502. The standard InChI is InChI=1S/C20H14N2O5/c23-17-11-19(13-4-2-1-3-5-13)27-18-8-7-15(10-16(17)18)26-20-9-6-14(12-21-20)22(24)25/h1-10,12,19H,11H2. The fraction of sp³-hybridized carbons (Fsp3) is 0.100. The number of carbonyl (C=O) groups excluding carboxylic acids is 1. The zero-order valence-electron chi connectivity index (χ0n) is 14.1. The van der Waals surface area contributed by atoms with Crippen molar-refractivity contribution in [1.29, 1.82) is 0 Å². The molecule has 2 heterocycles. The van der Waals surface area contributed by atoms with Crippen LogP contribution in [0, 0.1) is 10.1 Å². The van der Waals surface area contributed by atoms with Crippen molar-refractivity contribution in [3.63, 3.8) is 0 Å². The smallest absolute Gasteiger partial charge is 0.287 e. The van der Waals surface area contributed by atoms with Crippen molar-refractivity contribution in [2.75, 3.05) is 0 Å². The Labute approximate surface area is 154 Å². The molecular weight excluding hydrogens is 348 g/mol. The molecule has 27 heavy (non-hydrogen) atoms. The SMILES string of the molecule is O=C1CC(c2ccccc2)Oc2ccc(Oc3ccc([N+](=O)[O-])cn3)cc21. The number of rotatable bonds is 4. The summed E-state index contributed by atoms with van der Waals surface area (Å²) in [6.45, 7) is 0. The van der Waals surface area contributed by atoms with Crippen LogP contribution in [-0.4, -0.2) is 15.7 Å². The van der Waals surface area contributed by atoms with E-state index in [-0.39, 0.29) is 29.9 Å². The lowest BCUT2D eigenvalue weighted by molar-refractivity contribution is -0.385. The summed E-state index contributed by atoms with van der Waals surface area (Å²) >= 11 is 0. The summed E-state index contributed by atoms with van der Waals surface area (Å²) < 4.78 is 11.6. The Kier molecular flexibility index (Phi) is 4.25. The molecule has 7 heteroatoms. The molecule has 0 radical (unpaired) electrons. The Hall–Kier alpha value is -3.74. The van der Waals surface area contributed by atoms with Crippen molar-refractivity contribution >= 4 is 11.5 Å². The molecule has 134 valence electrons. The van der Waals surface area contributed by atoms with E-state index in [9.17, 15) is 14.9 Å². The number of nitro groups is 1. The zero-order valence-corrected chi connectivity index (χ0v) is 14.1. The van der Waals surface area contributed by atoms with Crippen LogP contribution in [0.2, 0.25) is 0 Å². The minimum absolute atomic E-state index is 0.0350. The highest BCUT2D eigenvalue weighted by atomic mass is 16.6. The molecular formula is C20H14N2O5. The van der Waals surface area contributed by atoms with E-state index in [0.717, 1.165) is 11.8 Å². The van der Waals surface area contributed by atoms with Gasteiger partial charge >= 0.3 is 0 Å². The van der Waals surface area contributed by atoms with Gasteiger partial charge < -0.3 is 9.47 Å². The topological polar surface area (TPSA) is 91.6 Å². The first-order valence-electron chi connectivity index (χ1n) is 8.27. The van der Waals surface area contributed by atoms with E-state index in [0.29, 0.717) is 17.1 Å². The van der Waals surface area contributed by atoms with Crippen LogP contribution in [0.25, 0.3) is 0 Å². The second kappa shape index (κ2) is 6.87. The maximum absolute atomic E-state index is 12.6. The van der Waals surface area contributed by atoms with Crippen LogP contribution in [0.15, 0.2) is 66.9 Å². The van der Waals surface area contributed by atoms with Gasteiger partial charge in [-0.05, 0) is 23.8 Å². The average molecular weight is 362 g/mol. The number of ether oxygens (including phenoxy) is 2. The Morgan fingerprint density at radius 1 is 1.11 bits per heavy atom. The van der Waals surface area contributed by atoms with Gasteiger partial charge in [0.2, 0.25) is 5.88 Å². The van der Waals surface area contributed by atoms with Crippen LogP contribution >= 0.6 is 0 Å². The van der Waals surface area contributed by atoms with E-state index in [1.807, 2.05) is 30.3 Å². The van der Waals surface area contributed by atoms with Crippen LogP contribution in [0.4, 0.5) is 5.69 Å². The average Bonchev–Trinajstić information content (AvgIpc) is 2.69. The molecule has 4 rings (SSSR count). The van der Waals surface area contributed by atoms with Crippen LogP contribution in [0.3, 0.4) is 0 Å². The maximum atomic E-state index is 12.6. The molecule has 2 aromatic carbocycles. The normalized spacial score (nSPS) is 15.6. The molecule has 0 bridgehead atoms. The third-order valence-electron chi connectivity index (χ3n) is 4.22. The number of aromatic nitrogens is 1. The fourth-order valence-electron chi connectivity index (χ4n) is 2.88. The molecule has 3 aromatic rings. The highest BCUT2D eigenvalue weighted by molar-refractivity contribution is 6.00. The largest absolute Gasteiger partial charge is 0.484 e. The molecule has 0 amide bonds. The zero-order chi connectivity index (χ0) is 18.8.